The van der Waals surface area contributed by atoms with Crippen LogP contribution < -0.4 is 16.4 Å². The van der Waals surface area contributed by atoms with Crippen molar-refractivity contribution >= 4 is 41.7 Å². The van der Waals surface area contributed by atoms with E-state index < -0.39 is 49.4 Å². The van der Waals surface area contributed by atoms with Crippen LogP contribution >= 0.6 is 19.5 Å². The van der Waals surface area contributed by atoms with Crippen LogP contribution in [0.4, 0.5) is 5.95 Å². The van der Waals surface area contributed by atoms with Gasteiger partial charge in [0.25, 0.3) is 5.56 Å². The molecule has 2 aromatic heterocycles. The number of aliphatic hydroxyl groups is 2. The first-order chi connectivity index (χ1) is 19.5. The third-order valence-electron chi connectivity index (χ3n) is 6.78. The summed E-state index contributed by atoms with van der Waals surface area (Å²) in [5, 5.41) is 24.9. The first kappa shape index (κ1) is 34.6. The van der Waals surface area contributed by atoms with Crippen LogP contribution in [0.3, 0.4) is 0 Å². The molecule has 1 saturated heterocycles. The van der Waals surface area contributed by atoms with Crippen molar-refractivity contribution in [3.05, 3.63) is 16.7 Å². The van der Waals surface area contributed by atoms with Crippen LogP contribution in [0, 0.1) is 11.3 Å². The van der Waals surface area contributed by atoms with E-state index in [1.54, 1.807) is 0 Å². The summed E-state index contributed by atoms with van der Waals surface area (Å²) in [6.07, 6.45) is -1.84. The molecular weight excluding hydrogens is 589 g/mol. The molecule has 238 valence electrons. The quantitative estimate of drug-likeness (QED) is 0.139. The fourth-order valence-electron chi connectivity index (χ4n) is 4.79. The SMILES string of the molecule is CC(C)CC(C)(C)C(=O)SCCOP(=O)(NCCN(C)C)OCC1OC(n2cnc3c(=O)[nH]c(N)nc32)C(C)(O)C1O. The molecule has 2 aromatic rings. The Labute approximate surface area is 249 Å². The number of rotatable bonds is 15. The minimum atomic E-state index is -3.92. The lowest BCUT2D eigenvalue weighted by Gasteiger charge is -2.27. The zero-order valence-electron chi connectivity index (χ0n) is 25.2. The number of aromatic amines is 1. The summed E-state index contributed by atoms with van der Waals surface area (Å²) in [4.78, 5) is 37.2. The van der Waals surface area contributed by atoms with Gasteiger partial charge in [0.2, 0.25) is 5.95 Å². The van der Waals surface area contributed by atoms with Crippen molar-refractivity contribution in [2.75, 3.05) is 51.9 Å². The second-order valence-corrected chi connectivity index (χ2v) is 14.8. The van der Waals surface area contributed by atoms with Crippen LogP contribution in [-0.4, -0.2) is 104 Å². The summed E-state index contributed by atoms with van der Waals surface area (Å²) in [7, 11) is -0.204. The highest BCUT2D eigenvalue weighted by molar-refractivity contribution is 8.13. The van der Waals surface area contributed by atoms with Gasteiger partial charge in [-0.25, -0.2) is 14.6 Å². The summed E-state index contributed by atoms with van der Waals surface area (Å²) in [6.45, 7) is 9.67. The first-order valence-corrected chi connectivity index (χ1v) is 16.2. The molecule has 1 aliphatic rings. The van der Waals surface area contributed by atoms with Gasteiger partial charge in [-0.1, -0.05) is 39.5 Å². The maximum Gasteiger partial charge on any atom is 0.405 e. The lowest BCUT2D eigenvalue weighted by molar-refractivity contribution is -0.118. The molecule has 0 saturated carbocycles. The fourth-order valence-corrected chi connectivity index (χ4v) is 7.05. The van der Waals surface area contributed by atoms with Gasteiger partial charge in [-0.2, -0.15) is 4.98 Å². The van der Waals surface area contributed by atoms with Gasteiger partial charge in [0.1, 0.15) is 17.8 Å². The number of nitrogens with two attached hydrogens (primary N) is 1. The van der Waals surface area contributed by atoms with E-state index in [-0.39, 0.29) is 41.1 Å². The predicted octanol–water partition coefficient (Wildman–Crippen LogP) is 1.34. The zero-order valence-corrected chi connectivity index (χ0v) is 26.9. The van der Waals surface area contributed by atoms with Crippen molar-refractivity contribution in [3.63, 3.8) is 0 Å². The number of anilines is 1. The molecule has 0 amide bonds. The van der Waals surface area contributed by atoms with Crippen LogP contribution in [-0.2, 0) is 23.1 Å². The van der Waals surface area contributed by atoms with Crippen molar-refractivity contribution in [2.24, 2.45) is 11.3 Å². The number of aromatic nitrogens is 4. The Morgan fingerprint density at radius 1 is 1.40 bits per heavy atom. The number of imidazole rings is 1. The first-order valence-electron chi connectivity index (χ1n) is 13.7. The van der Waals surface area contributed by atoms with Gasteiger partial charge in [-0.3, -0.25) is 28.2 Å². The number of carbonyl (C=O) groups is 1. The number of hydrogen-bond donors (Lipinski definition) is 5. The van der Waals surface area contributed by atoms with Crippen molar-refractivity contribution in [3.8, 4) is 0 Å². The molecule has 0 aromatic carbocycles. The Bertz CT molecular complexity index is 1330. The molecule has 3 rings (SSSR count). The van der Waals surface area contributed by atoms with Gasteiger partial charge in [0.05, 0.1) is 19.5 Å². The number of aliphatic hydroxyl groups excluding tert-OH is 1. The standard InChI is InChI=1S/C25H44N7O8PS/c1-15(2)12-24(3,4)22(35)42-11-10-38-41(37,28-8-9-31(6)7)39-13-16-18(33)25(5,36)21(40-16)32-14-27-17-19(32)29-23(26)30-20(17)34/h14-16,18,21,33,36H,8-13H2,1-7H3,(H,28,37)(H3,26,29,30,34). The minimum absolute atomic E-state index is 0.0234. The van der Waals surface area contributed by atoms with Crippen LogP contribution in [0.2, 0.25) is 0 Å². The van der Waals surface area contributed by atoms with Gasteiger partial charge >= 0.3 is 7.75 Å². The molecule has 0 spiro atoms. The van der Waals surface area contributed by atoms with Gasteiger partial charge in [0.15, 0.2) is 22.5 Å². The highest BCUT2D eigenvalue weighted by Crippen LogP contribution is 2.46. The lowest BCUT2D eigenvalue weighted by Crippen LogP contribution is -2.44. The molecule has 1 aliphatic heterocycles. The number of nitrogen functional groups attached to an aromatic ring is 1. The number of nitrogens with zero attached hydrogens (tertiary/aromatic N) is 4. The van der Waals surface area contributed by atoms with E-state index in [0.717, 1.165) is 18.2 Å². The van der Waals surface area contributed by atoms with Gasteiger partial charge < -0.3 is 25.6 Å². The smallest absolute Gasteiger partial charge is 0.387 e. The summed E-state index contributed by atoms with van der Waals surface area (Å²) >= 11 is 1.12. The summed E-state index contributed by atoms with van der Waals surface area (Å²) < 4.78 is 32.2. The largest absolute Gasteiger partial charge is 0.405 e. The Kier molecular flexibility index (Phi) is 11.4. The van der Waals surface area contributed by atoms with E-state index in [0.29, 0.717) is 12.5 Å². The van der Waals surface area contributed by atoms with E-state index in [9.17, 15) is 24.4 Å². The van der Waals surface area contributed by atoms with Crippen molar-refractivity contribution in [2.45, 2.75) is 65.1 Å². The minimum Gasteiger partial charge on any atom is -0.387 e. The Hall–Kier alpha value is -1.88. The van der Waals surface area contributed by atoms with Crippen LogP contribution in [0.25, 0.3) is 11.2 Å². The number of nitrogens with one attached hydrogen (secondary N) is 2. The number of thioether (sulfide) groups is 1. The number of hydrogen-bond acceptors (Lipinski definition) is 13. The highest BCUT2D eigenvalue weighted by atomic mass is 32.2. The van der Waals surface area contributed by atoms with Crippen LogP contribution in [0.5, 0.6) is 0 Å². The third kappa shape index (κ3) is 8.39. The second kappa shape index (κ2) is 13.8. The fraction of sp³-hybridized carbons (Fsp3) is 0.760. The average Bonchev–Trinajstić information content (AvgIpc) is 3.37. The molecule has 15 nitrogen and oxygen atoms in total. The van der Waals surface area contributed by atoms with E-state index >= 15 is 0 Å². The van der Waals surface area contributed by atoms with Gasteiger partial charge in [0, 0.05) is 24.3 Å². The monoisotopic (exact) mass is 633 g/mol. The molecule has 5 atom stereocenters. The van der Waals surface area contributed by atoms with Crippen molar-refractivity contribution in [1.82, 2.24) is 29.5 Å². The van der Waals surface area contributed by atoms with Crippen molar-refractivity contribution < 1.29 is 33.4 Å². The Balaban J connectivity index is 1.68. The lowest BCUT2D eigenvalue weighted by atomic mass is 9.85. The number of carbonyl (C=O) groups excluding carboxylic acids is 1. The van der Waals surface area contributed by atoms with Crippen molar-refractivity contribution in [1.29, 1.82) is 0 Å². The van der Waals surface area contributed by atoms with Crippen LogP contribution in [0.15, 0.2) is 11.1 Å². The number of likely N-dealkylation sites (N-methyl/N-ethyl adjacent to an activating group) is 1. The molecule has 0 bridgehead atoms. The van der Waals surface area contributed by atoms with Gasteiger partial charge in [-0.15, -0.1) is 0 Å². The Morgan fingerprint density at radius 2 is 2.10 bits per heavy atom. The third-order valence-corrected chi connectivity index (χ3v) is 9.59. The molecule has 42 heavy (non-hydrogen) atoms. The molecule has 3 heterocycles. The molecule has 0 radical (unpaired) electrons. The number of ether oxygens (including phenoxy) is 1. The van der Waals surface area contributed by atoms with Crippen LogP contribution in [0.1, 0.15) is 47.3 Å². The number of H-pyrrole nitrogens is 1. The Morgan fingerprint density at radius 3 is 2.74 bits per heavy atom. The summed E-state index contributed by atoms with van der Waals surface area (Å²) in [6, 6.07) is 0. The van der Waals surface area contributed by atoms with Gasteiger partial charge in [-0.05, 0) is 33.4 Å². The topological polar surface area (TPSA) is 207 Å². The molecule has 5 unspecified atom stereocenters. The van der Waals surface area contributed by atoms with E-state index in [1.165, 1.54) is 17.8 Å². The highest BCUT2D eigenvalue weighted by Gasteiger charge is 2.54. The molecule has 17 heteroatoms. The normalized spacial score (nSPS) is 24.6. The van der Waals surface area contributed by atoms with E-state index in [4.69, 9.17) is 19.5 Å². The maximum absolute atomic E-state index is 13.6. The number of fused-ring (bicyclic) bond motifs is 1. The zero-order chi connectivity index (χ0) is 31.5. The molecule has 0 aliphatic carbocycles. The molecule has 6 N–H and O–H groups in total. The molecule has 1 fully saturated rings. The maximum atomic E-state index is 13.6. The summed E-state index contributed by atoms with van der Waals surface area (Å²) in [5.41, 5.74) is 2.77. The average molecular weight is 634 g/mol. The van der Waals surface area contributed by atoms with E-state index in [2.05, 4.69) is 33.9 Å². The second-order valence-electron chi connectivity index (χ2n) is 11.9. The van der Waals surface area contributed by atoms with E-state index in [1.807, 2.05) is 32.8 Å². The molecular formula is C25H44N7O8PS. The predicted molar refractivity (Wildman–Crippen MR) is 160 cm³/mol. The summed E-state index contributed by atoms with van der Waals surface area (Å²) in [5.74, 6) is 0.483.